The Bertz CT molecular complexity index is 904. The second-order valence-electron chi connectivity index (χ2n) is 9.85. The van der Waals surface area contributed by atoms with Gasteiger partial charge in [-0.25, -0.2) is 4.58 Å². The molecule has 2 aromatic rings. The first-order chi connectivity index (χ1) is 14.4. The first-order valence-corrected chi connectivity index (χ1v) is 11.6. The third-order valence-electron chi connectivity index (χ3n) is 7.13. The molecule has 2 aliphatic heterocycles. The largest absolute Gasteiger partial charge is 1.00 e. The molecule has 0 N–H and O–H groups in total. The van der Waals surface area contributed by atoms with Crippen LogP contribution in [-0.4, -0.2) is 34.3 Å². The van der Waals surface area contributed by atoms with E-state index >= 15 is 0 Å². The molecule has 1 atom stereocenters. The van der Waals surface area contributed by atoms with E-state index in [1.54, 1.807) is 0 Å². The van der Waals surface area contributed by atoms with Gasteiger partial charge in [0.15, 0.2) is 18.3 Å². The van der Waals surface area contributed by atoms with Crippen LogP contribution in [0.4, 0.5) is 0 Å². The Kier molecular flexibility index (Phi) is 7.80. The van der Waals surface area contributed by atoms with Crippen molar-refractivity contribution in [3.8, 4) is 0 Å². The molecule has 0 aliphatic carbocycles. The fourth-order valence-corrected chi connectivity index (χ4v) is 5.00. The average Bonchev–Trinajstić information content (AvgIpc) is 3.27. The molecule has 4 rings (SSSR count). The number of likely N-dealkylation sites (tertiary alicyclic amines) is 1. The fourth-order valence-electron chi connectivity index (χ4n) is 5.00. The molecule has 3 heteroatoms. The predicted molar refractivity (Wildman–Crippen MR) is 127 cm³/mol. The maximum atomic E-state index is 2.64. The van der Waals surface area contributed by atoms with Gasteiger partial charge in [-0.05, 0) is 36.3 Å². The molecule has 2 heterocycles. The number of rotatable bonds is 6. The molecular weight excluding hydrogens is 444 g/mol. The molecule has 0 saturated carbocycles. The Morgan fingerprint density at radius 2 is 1.58 bits per heavy atom. The van der Waals surface area contributed by atoms with Crippen molar-refractivity contribution in [2.75, 3.05) is 13.1 Å². The van der Waals surface area contributed by atoms with Gasteiger partial charge in [0, 0.05) is 44.3 Å². The fraction of sp³-hybridized carbons (Fsp3) is 0.464. The van der Waals surface area contributed by atoms with Gasteiger partial charge in [-0.15, -0.1) is 0 Å². The van der Waals surface area contributed by atoms with Crippen molar-refractivity contribution in [3.05, 3.63) is 83.1 Å². The Balaban J connectivity index is 0.00000272. The van der Waals surface area contributed by atoms with Crippen molar-refractivity contribution >= 4 is 6.21 Å². The summed E-state index contributed by atoms with van der Waals surface area (Å²) in [6.07, 6.45) is 8.49. The Morgan fingerprint density at radius 3 is 2.19 bits per heavy atom. The molecule has 2 nitrogen and oxygen atoms in total. The summed E-state index contributed by atoms with van der Waals surface area (Å²) in [7, 11) is 0. The van der Waals surface area contributed by atoms with E-state index in [2.05, 4.69) is 104 Å². The quantitative estimate of drug-likeness (QED) is 0.575. The molecule has 166 valence electrons. The number of allylic oxidation sites excluding steroid dienone is 1. The van der Waals surface area contributed by atoms with Gasteiger partial charge in [-0.2, -0.15) is 0 Å². The molecule has 0 bridgehead atoms. The summed E-state index contributed by atoms with van der Waals surface area (Å²) >= 11 is 0. The summed E-state index contributed by atoms with van der Waals surface area (Å²) in [5, 5.41) is 0. The molecule has 0 radical (unpaired) electrons. The van der Waals surface area contributed by atoms with Gasteiger partial charge in [0.25, 0.3) is 0 Å². The van der Waals surface area contributed by atoms with E-state index in [9.17, 15) is 0 Å². The monoisotopic (exact) mass is 480 g/mol. The third-order valence-corrected chi connectivity index (χ3v) is 7.13. The molecule has 0 spiro atoms. The van der Waals surface area contributed by atoms with E-state index in [0.29, 0.717) is 11.8 Å². The van der Waals surface area contributed by atoms with Crippen LogP contribution < -0.4 is 17.0 Å². The minimum Gasteiger partial charge on any atom is -1.00 e. The molecule has 1 unspecified atom stereocenters. The lowest BCUT2D eigenvalue weighted by atomic mass is 9.77. The summed E-state index contributed by atoms with van der Waals surface area (Å²) in [4.78, 5) is 2.64. The second kappa shape index (κ2) is 10.2. The van der Waals surface area contributed by atoms with Crippen molar-refractivity contribution in [1.82, 2.24) is 4.90 Å². The van der Waals surface area contributed by atoms with Gasteiger partial charge in [0.2, 0.25) is 0 Å². The molecule has 31 heavy (non-hydrogen) atoms. The van der Waals surface area contributed by atoms with E-state index in [0.717, 1.165) is 13.0 Å². The summed E-state index contributed by atoms with van der Waals surface area (Å²) < 4.78 is 2.55. The molecule has 0 amide bonds. The Labute approximate surface area is 199 Å². The van der Waals surface area contributed by atoms with E-state index in [1.807, 2.05) is 0 Å². The lowest BCUT2D eigenvalue weighted by Gasteiger charge is -2.39. The zero-order chi connectivity index (χ0) is 21.1. The van der Waals surface area contributed by atoms with E-state index < -0.39 is 0 Å². The molecule has 2 aliphatic rings. The van der Waals surface area contributed by atoms with Gasteiger partial charge in [0.1, 0.15) is 0 Å². The highest BCUT2D eigenvalue weighted by atomic mass is 79.9. The van der Waals surface area contributed by atoms with Gasteiger partial charge < -0.3 is 21.9 Å². The van der Waals surface area contributed by atoms with Crippen LogP contribution >= 0.6 is 0 Å². The lowest BCUT2D eigenvalue weighted by Crippen LogP contribution is -3.00. The Morgan fingerprint density at radius 1 is 0.935 bits per heavy atom. The summed E-state index contributed by atoms with van der Waals surface area (Å²) in [5.41, 5.74) is 5.84. The molecule has 2 aromatic carbocycles. The maximum Gasteiger partial charge on any atom is 0.168 e. The smallest absolute Gasteiger partial charge is 0.168 e. The Hall–Kier alpha value is -1.87. The zero-order valence-corrected chi connectivity index (χ0v) is 21.1. The highest BCUT2D eigenvalue weighted by Crippen LogP contribution is 2.37. The highest BCUT2D eigenvalue weighted by Gasteiger charge is 2.45. The first-order valence-electron chi connectivity index (χ1n) is 11.6. The maximum absolute atomic E-state index is 2.64. The normalized spacial score (nSPS) is 20.3. The van der Waals surface area contributed by atoms with Crippen LogP contribution in [-0.2, 0) is 13.0 Å². The van der Waals surface area contributed by atoms with Crippen molar-refractivity contribution in [2.24, 2.45) is 5.92 Å². The van der Waals surface area contributed by atoms with Crippen molar-refractivity contribution in [2.45, 2.75) is 65.0 Å². The van der Waals surface area contributed by atoms with Crippen LogP contribution in [0, 0.1) is 5.92 Å². The van der Waals surface area contributed by atoms with Crippen LogP contribution in [0.15, 0.2) is 66.4 Å². The van der Waals surface area contributed by atoms with E-state index in [4.69, 9.17) is 0 Å². The summed E-state index contributed by atoms with van der Waals surface area (Å²) in [6, 6.07) is 20.2. The van der Waals surface area contributed by atoms with Gasteiger partial charge >= 0.3 is 0 Å². The summed E-state index contributed by atoms with van der Waals surface area (Å²) in [6.45, 7) is 12.8. The zero-order valence-electron chi connectivity index (χ0n) is 19.5. The number of nitrogens with zero attached hydrogens (tertiary/aromatic N) is 2. The third kappa shape index (κ3) is 5.31. The van der Waals surface area contributed by atoms with E-state index in [1.165, 1.54) is 48.3 Å². The van der Waals surface area contributed by atoms with E-state index in [-0.39, 0.29) is 22.5 Å². The van der Waals surface area contributed by atoms with Gasteiger partial charge in [0.05, 0.1) is 5.92 Å². The first kappa shape index (κ1) is 23.8. The molecule has 1 fully saturated rings. The molecule has 1 saturated heterocycles. The minimum absolute atomic E-state index is 0. The van der Waals surface area contributed by atoms with Gasteiger partial charge in [-0.3, -0.25) is 0 Å². The highest BCUT2D eigenvalue weighted by molar-refractivity contribution is 5.69. The number of benzene rings is 2. The number of halogens is 1. The van der Waals surface area contributed by atoms with Crippen molar-refractivity contribution in [3.63, 3.8) is 0 Å². The lowest BCUT2D eigenvalue weighted by molar-refractivity contribution is -0.621. The summed E-state index contributed by atoms with van der Waals surface area (Å²) in [5.74, 6) is 1.07. The molecular formula is C28H37BrN2. The predicted octanol–water partition coefficient (Wildman–Crippen LogP) is 3.03. The van der Waals surface area contributed by atoms with Crippen LogP contribution in [0.1, 0.15) is 63.1 Å². The van der Waals surface area contributed by atoms with Crippen LogP contribution in [0.25, 0.3) is 0 Å². The van der Waals surface area contributed by atoms with Crippen LogP contribution in [0.5, 0.6) is 0 Å². The van der Waals surface area contributed by atoms with Gasteiger partial charge in [-0.1, -0.05) is 68.4 Å². The minimum atomic E-state index is 0. The number of hydrogen-bond donors (Lipinski definition) is 0. The topological polar surface area (TPSA) is 6.25 Å². The van der Waals surface area contributed by atoms with Crippen LogP contribution in [0.2, 0.25) is 0 Å². The number of hydrogen-bond acceptors (Lipinski definition) is 1. The second-order valence-corrected chi connectivity index (χ2v) is 9.85. The van der Waals surface area contributed by atoms with Crippen molar-refractivity contribution in [1.29, 1.82) is 0 Å². The SMILES string of the molecule is CC(C)c1ccc(CC2C(N3CCCC3)=CC=[N+](Cc3ccccc3)C2(C)C)cc1.[Br-]. The molecule has 0 aromatic heterocycles. The van der Waals surface area contributed by atoms with Crippen molar-refractivity contribution < 1.29 is 21.6 Å². The standard InChI is InChI=1S/C28H37N2.BrH/c1-22(2)25-14-12-23(13-15-25)20-26-27(29-17-8-9-18-29)16-19-30(28(26,3)4)21-24-10-6-5-7-11-24;/h5-7,10-16,19,22,26H,8-9,17-18,20-21H2,1-4H3;1H/q+1;/p-1. The van der Waals surface area contributed by atoms with Crippen LogP contribution in [0.3, 0.4) is 0 Å². The average molecular weight is 482 g/mol.